The molecule has 6 heteroatoms. The molecule has 3 rings (SSSR count). The van der Waals surface area contributed by atoms with E-state index in [1.54, 1.807) is 18.2 Å². The second-order valence-corrected chi connectivity index (χ2v) is 4.28. The Labute approximate surface area is 103 Å². The molecule has 1 aromatic rings. The van der Waals surface area contributed by atoms with Crippen LogP contribution in [0.5, 0.6) is 11.5 Å². The average molecular weight is 249 g/mol. The van der Waals surface area contributed by atoms with Crippen molar-refractivity contribution < 1.29 is 24.2 Å². The van der Waals surface area contributed by atoms with E-state index in [1.165, 1.54) is 4.90 Å². The first-order chi connectivity index (χ1) is 8.65. The maximum atomic E-state index is 11.8. The molecule has 18 heavy (non-hydrogen) atoms. The number of hydrogen-bond donors (Lipinski definition) is 1. The van der Waals surface area contributed by atoms with Crippen LogP contribution >= 0.6 is 0 Å². The van der Waals surface area contributed by atoms with Gasteiger partial charge >= 0.3 is 5.97 Å². The second kappa shape index (κ2) is 3.90. The van der Waals surface area contributed by atoms with Gasteiger partial charge in [-0.25, -0.2) is 0 Å². The van der Waals surface area contributed by atoms with Crippen molar-refractivity contribution in [2.45, 2.75) is 6.42 Å². The monoisotopic (exact) mass is 249 g/mol. The third-order valence-electron chi connectivity index (χ3n) is 3.14. The third-order valence-corrected chi connectivity index (χ3v) is 3.14. The Morgan fingerprint density at radius 1 is 1.33 bits per heavy atom. The number of nitrogens with zero attached hydrogens (tertiary/aromatic N) is 1. The number of benzene rings is 1. The number of carboxylic acid groups (broad SMARTS) is 1. The lowest BCUT2D eigenvalue weighted by molar-refractivity contribution is -0.141. The minimum absolute atomic E-state index is 0.0454. The normalized spacial score (nSPS) is 21.4. The van der Waals surface area contributed by atoms with E-state index in [2.05, 4.69) is 0 Å². The average Bonchev–Trinajstić information content (AvgIpc) is 2.93. The number of fused-ring (bicyclic) bond motifs is 1. The molecular formula is C12H11NO5. The first kappa shape index (κ1) is 10.9. The largest absolute Gasteiger partial charge is 0.481 e. The van der Waals surface area contributed by atoms with Crippen molar-refractivity contribution in [1.29, 1.82) is 0 Å². The fraction of sp³-hybridized carbons (Fsp3) is 0.333. The van der Waals surface area contributed by atoms with Gasteiger partial charge in [0.05, 0.1) is 5.92 Å². The molecule has 2 aliphatic rings. The Bertz CT molecular complexity index is 527. The highest BCUT2D eigenvalue weighted by molar-refractivity contribution is 5.99. The molecule has 0 unspecified atom stereocenters. The summed E-state index contributed by atoms with van der Waals surface area (Å²) in [6.45, 7) is 0.373. The molecule has 0 spiro atoms. The summed E-state index contributed by atoms with van der Waals surface area (Å²) in [5, 5.41) is 8.93. The molecule has 1 aromatic carbocycles. The fourth-order valence-electron chi connectivity index (χ4n) is 2.18. The molecule has 6 nitrogen and oxygen atoms in total. The Morgan fingerprint density at radius 2 is 2.11 bits per heavy atom. The molecule has 0 aromatic heterocycles. The Hall–Kier alpha value is -2.24. The van der Waals surface area contributed by atoms with Crippen molar-refractivity contribution in [3.8, 4) is 11.5 Å². The van der Waals surface area contributed by atoms with Crippen LogP contribution in [0, 0.1) is 5.92 Å². The first-order valence-corrected chi connectivity index (χ1v) is 5.58. The van der Waals surface area contributed by atoms with Crippen molar-refractivity contribution in [1.82, 2.24) is 0 Å². The summed E-state index contributed by atoms with van der Waals surface area (Å²) in [5.41, 5.74) is 0.646. The van der Waals surface area contributed by atoms with Gasteiger partial charge in [-0.3, -0.25) is 9.59 Å². The smallest absolute Gasteiger partial charge is 0.308 e. The maximum absolute atomic E-state index is 11.8. The summed E-state index contributed by atoms with van der Waals surface area (Å²) in [7, 11) is 0. The number of ether oxygens (including phenoxy) is 2. The molecule has 0 radical (unpaired) electrons. The van der Waals surface area contributed by atoms with Crippen LogP contribution in [0.15, 0.2) is 18.2 Å². The Balaban J connectivity index is 1.87. The highest BCUT2D eigenvalue weighted by Gasteiger charge is 2.35. The van der Waals surface area contributed by atoms with Crippen molar-refractivity contribution in [3.05, 3.63) is 18.2 Å². The van der Waals surface area contributed by atoms with E-state index >= 15 is 0 Å². The number of amides is 1. The lowest BCUT2D eigenvalue weighted by Crippen LogP contribution is -2.25. The maximum Gasteiger partial charge on any atom is 0.308 e. The molecule has 2 heterocycles. The lowest BCUT2D eigenvalue weighted by atomic mass is 10.1. The predicted octanol–water partition coefficient (Wildman–Crippen LogP) is 0.853. The third kappa shape index (κ3) is 1.66. The number of carbonyl (C=O) groups is 2. The standard InChI is InChI=1S/C12H11NO5/c14-11-3-7(12(15)16)5-13(11)8-1-2-9-10(4-8)18-6-17-9/h1-2,4,7H,3,5-6H2,(H,15,16)/t7-/m0/s1. The molecule has 1 saturated heterocycles. The summed E-state index contributed by atoms with van der Waals surface area (Å²) in [4.78, 5) is 24.1. The molecule has 1 fully saturated rings. The highest BCUT2D eigenvalue weighted by atomic mass is 16.7. The van der Waals surface area contributed by atoms with E-state index in [9.17, 15) is 9.59 Å². The Kier molecular flexibility index (Phi) is 2.36. The van der Waals surface area contributed by atoms with Crippen molar-refractivity contribution in [2.75, 3.05) is 18.2 Å². The minimum atomic E-state index is -0.938. The van der Waals surface area contributed by atoms with Crippen molar-refractivity contribution in [3.63, 3.8) is 0 Å². The van der Waals surface area contributed by atoms with Gasteiger partial charge in [-0.2, -0.15) is 0 Å². The van der Waals surface area contributed by atoms with Gasteiger partial charge in [-0.15, -0.1) is 0 Å². The van der Waals surface area contributed by atoms with E-state index in [-0.39, 0.29) is 25.7 Å². The predicted molar refractivity (Wildman–Crippen MR) is 60.7 cm³/mol. The van der Waals surface area contributed by atoms with Crippen LogP contribution in [0.25, 0.3) is 0 Å². The Morgan fingerprint density at radius 3 is 2.83 bits per heavy atom. The van der Waals surface area contributed by atoms with E-state index in [0.717, 1.165) is 0 Å². The van der Waals surface area contributed by atoms with Gasteiger partial charge in [0.25, 0.3) is 0 Å². The van der Waals surface area contributed by atoms with E-state index in [4.69, 9.17) is 14.6 Å². The van der Waals surface area contributed by atoms with E-state index in [1.807, 2.05) is 0 Å². The zero-order valence-corrected chi connectivity index (χ0v) is 9.46. The quantitative estimate of drug-likeness (QED) is 0.841. The van der Waals surface area contributed by atoms with Gasteiger partial charge in [0.1, 0.15) is 0 Å². The molecule has 0 saturated carbocycles. The number of aliphatic carboxylic acids is 1. The van der Waals surface area contributed by atoms with Crippen LogP contribution < -0.4 is 14.4 Å². The highest BCUT2D eigenvalue weighted by Crippen LogP contribution is 2.37. The molecule has 0 bridgehead atoms. The summed E-state index contributed by atoms with van der Waals surface area (Å²) in [6, 6.07) is 5.15. The summed E-state index contributed by atoms with van der Waals surface area (Å²) in [5.74, 6) is -0.532. The summed E-state index contributed by atoms with van der Waals surface area (Å²) in [6.07, 6.45) is 0.0454. The lowest BCUT2D eigenvalue weighted by Gasteiger charge is -2.16. The molecule has 94 valence electrons. The topological polar surface area (TPSA) is 76.1 Å². The molecule has 1 N–H and O–H groups in total. The van der Waals surface area contributed by atoms with Gasteiger partial charge in [0.2, 0.25) is 12.7 Å². The number of anilines is 1. The SMILES string of the molecule is O=C(O)[C@H]1CC(=O)N(c2ccc3c(c2)OCO3)C1. The van der Waals surface area contributed by atoms with Crippen LogP contribution in [0.4, 0.5) is 5.69 Å². The first-order valence-electron chi connectivity index (χ1n) is 5.58. The fourth-order valence-corrected chi connectivity index (χ4v) is 2.18. The van der Waals surface area contributed by atoms with Crippen LogP contribution in [-0.4, -0.2) is 30.3 Å². The molecule has 2 aliphatic heterocycles. The summed E-state index contributed by atoms with van der Waals surface area (Å²) < 4.78 is 10.4. The minimum Gasteiger partial charge on any atom is -0.481 e. The van der Waals surface area contributed by atoms with Gasteiger partial charge < -0.3 is 19.5 Å². The number of rotatable bonds is 2. The van der Waals surface area contributed by atoms with Gasteiger partial charge in [-0.05, 0) is 12.1 Å². The van der Waals surface area contributed by atoms with E-state index in [0.29, 0.717) is 17.2 Å². The van der Waals surface area contributed by atoms with Crippen molar-refractivity contribution >= 4 is 17.6 Å². The molecule has 1 amide bonds. The second-order valence-electron chi connectivity index (χ2n) is 4.28. The van der Waals surface area contributed by atoms with Gasteiger partial charge in [0, 0.05) is 24.7 Å². The van der Waals surface area contributed by atoms with Crippen molar-refractivity contribution in [2.24, 2.45) is 5.92 Å². The zero-order chi connectivity index (χ0) is 12.7. The number of hydrogen-bond acceptors (Lipinski definition) is 4. The molecular weight excluding hydrogens is 238 g/mol. The van der Waals surface area contributed by atoms with Crippen LogP contribution in [-0.2, 0) is 9.59 Å². The summed E-state index contributed by atoms with van der Waals surface area (Å²) >= 11 is 0. The van der Waals surface area contributed by atoms with E-state index < -0.39 is 11.9 Å². The molecule has 0 aliphatic carbocycles. The van der Waals surface area contributed by atoms with Crippen LogP contribution in [0.1, 0.15) is 6.42 Å². The van der Waals surface area contributed by atoms with Crippen LogP contribution in [0.2, 0.25) is 0 Å². The number of carboxylic acids is 1. The zero-order valence-electron chi connectivity index (χ0n) is 9.46. The molecule has 1 atom stereocenters. The number of carbonyl (C=O) groups excluding carboxylic acids is 1. The van der Waals surface area contributed by atoms with Gasteiger partial charge in [-0.1, -0.05) is 0 Å². The van der Waals surface area contributed by atoms with Gasteiger partial charge in [0.15, 0.2) is 11.5 Å². The van der Waals surface area contributed by atoms with Crippen LogP contribution in [0.3, 0.4) is 0 Å².